The third-order valence-corrected chi connectivity index (χ3v) is 5.43. The minimum absolute atomic E-state index is 0.317. The quantitative estimate of drug-likeness (QED) is 0.508. The first kappa shape index (κ1) is 17.4. The summed E-state index contributed by atoms with van der Waals surface area (Å²) >= 11 is 0. The summed E-state index contributed by atoms with van der Waals surface area (Å²) in [5, 5.41) is 14.0. The van der Waals surface area contributed by atoms with Crippen molar-refractivity contribution in [3.63, 3.8) is 0 Å². The third kappa shape index (κ3) is 3.33. The van der Waals surface area contributed by atoms with Crippen LogP contribution in [0.25, 0.3) is 16.7 Å². The lowest BCUT2D eigenvalue weighted by Gasteiger charge is -2.19. The smallest absolute Gasteiger partial charge is 0.337 e. The van der Waals surface area contributed by atoms with Gasteiger partial charge in [-0.2, -0.15) is 0 Å². The lowest BCUT2D eigenvalue weighted by molar-refractivity contribution is 0.0698. The Kier molecular flexibility index (Phi) is 4.05. The number of nitrogens with zero attached hydrogens (tertiary/aromatic N) is 1. The van der Waals surface area contributed by atoms with Gasteiger partial charge in [-0.25, -0.2) is 4.79 Å². The van der Waals surface area contributed by atoms with Gasteiger partial charge < -0.3 is 20.4 Å². The van der Waals surface area contributed by atoms with Gasteiger partial charge in [-0.05, 0) is 79.8 Å². The molecule has 0 amide bonds. The molecule has 1 aliphatic carbocycles. The molecule has 1 aromatic heterocycles. The van der Waals surface area contributed by atoms with Gasteiger partial charge in [-0.1, -0.05) is 6.07 Å². The van der Waals surface area contributed by atoms with Gasteiger partial charge in [0.15, 0.2) is 0 Å². The summed E-state index contributed by atoms with van der Waals surface area (Å²) in [5.41, 5.74) is 11.3. The summed E-state index contributed by atoms with van der Waals surface area (Å²) in [6.45, 7) is 1.99. The molecular formula is C23H22N4O2. The molecule has 29 heavy (non-hydrogen) atoms. The zero-order valence-corrected chi connectivity index (χ0v) is 16.1. The van der Waals surface area contributed by atoms with E-state index in [-0.39, 0.29) is 0 Å². The van der Waals surface area contributed by atoms with E-state index in [0.29, 0.717) is 17.2 Å². The third-order valence-electron chi connectivity index (χ3n) is 5.43. The average Bonchev–Trinajstić information content (AvgIpc) is 3.48. The molecule has 0 atom stereocenters. The number of hydrogen-bond acceptors (Lipinski definition) is 4. The summed E-state index contributed by atoms with van der Waals surface area (Å²) < 4.78 is 2.07. The van der Waals surface area contributed by atoms with E-state index >= 15 is 0 Å². The molecule has 5 rings (SSSR count). The highest BCUT2D eigenvalue weighted by Crippen LogP contribution is 2.41. The van der Waals surface area contributed by atoms with Crippen molar-refractivity contribution >= 4 is 34.1 Å². The van der Waals surface area contributed by atoms with Crippen LogP contribution in [-0.2, 0) is 0 Å². The summed E-state index contributed by atoms with van der Waals surface area (Å²) in [6.07, 6.45) is 8.35. The molecule has 3 aromatic rings. The second-order valence-corrected chi connectivity index (χ2v) is 7.62. The Morgan fingerprint density at radius 2 is 1.97 bits per heavy atom. The predicted molar refractivity (Wildman–Crippen MR) is 115 cm³/mol. The van der Waals surface area contributed by atoms with Gasteiger partial charge in [0.05, 0.1) is 16.8 Å². The van der Waals surface area contributed by atoms with Gasteiger partial charge in [-0.3, -0.25) is 5.43 Å². The van der Waals surface area contributed by atoms with E-state index in [9.17, 15) is 9.90 Å². The number of rotatable bonds is 5. The van der Waals surface area contributed by atoms with Crippen LogP contribution in [0.5, 0.6) is 0 Å². The molecule has 0 unspecified atom stereocenters. The molecule has 1 aliphatic heterocycles. The molecule has 146 valence electrons. The fourth-order valence-corrected chi connectivity index (χ4v) is 3.69. The van der Waals surface area contributed by atoms with Gasteiger partial charge in [0.25, 0.3) is 0 Å². The molecule has 0 saturated heterocycles. The Morgan fingerprint density at radius 3 is 2.69 bits per heavy atom. The number of aromatic carboxylic acids is 1. The van der Waals surface area contributed by atoms with Crippen LogP contribution >= 0.6 is 0 Å². The average molecular weight is 386 g/mol. The van der Waals surface area contributed by atoms with Crippen molar-refractivity contribution in [2.75, 3.05) is 5.32 Å². The number of carboxylic acid groups (broad SMARTS) is 1. The number of hydrogen-bond donors (Lipinski definition) is 4. The minimum atomic E-state index is -0.909. The number of anilines is 2. The van der Waals surface area contributed by atoms with Gasteiger partial charge in [0.2, 0.25) is 0 Å². The SMILES string of the molecule is CC1=CC=C(n2ccc3cc(Nc4ccc(C5CC5)cc4C(=O)O)ccc32)NN1. The molecular weight excluding hydrogens is 364 g/mol. The number of allylic oxidation sites excluding steroid dienone is 3. The Balaban J connectivity index is 1.45. The number of hydrazine groups is 1. The number of carboxylic acids is 1. The van der Waals surface area contributed by atoms with Crippen molar-refractivity contribution in [3.05, 3.63) is 77.6 Å². The van der Waals surface area contributed by atoms with Crippen molar-refractivity contribution in [1.82, 2.24) is 15.4 Å². The van der Waals surface area contributed by atoms with Crippen LogP contribution in [0.1, 0.15) is 41.6 Å². The first-order valence-electron chi connectivity index (χ1n) is 9.75. The highest BCUT2D eigenvalue weighted by atomic mass is 16.4. The largest absolute Gasteiger partial charge is 0.478 e. The minimum Gasteiger partial charge on any atom is -0.478 e. The monoisotopic (exact) mass is 386 g/mol. The molecule has 2 heterocycles. The first-order valence-corrected chi connectivity index (χ1v) is 9.75. The normalized spacial score (nSPS) is 15.9. The topological polar surface area (TPSA) is 78.3 Å². The van der Waals surface area contributed by atoms with Crippen LogP contribution in [0.15, 0.2) is 66.5 Å². The van der Waals surface area contributed by atoms with E-state index in [1.54, 1.807) is 6.07 Å². The Hall–Kier alpha value is -3.67. The molecule has 2 aliphatic rings. The molecule has 0 spiro atoms. The van der Waals surface area contributed by atoms with Gasteiger partial charge >= 0.3 is 5.97 Å². The van der Waals surface area contributed by atoms with Crippen molar-refractivity contribution in [1.29, 1.82) is 0 Å². The van der Waals surface area contributed by atoms with Gasteiger partial charge in [-0.15, -0.1) is 0 Å². The number of nitrogens with one attached hydrogen (secondary N) is 3. The van der Waals surface area contributed by atoms with Crippen LogP contribution in [-0.4, -0.2) is 15.6 Å². The highest BCUT2D eigenvalue weighted by molar-refractivity contribution is 5.96. The predicted octanol–water partition coefficient (Wildman–Crippen LogP) is 4.77. The lowest BCUT2D eigenvalue weighted by atomic mass is 10.0. The Morgan fingerprint density at radius 1 is 1.10 bits per heavy atom. The van der Waals surface area contributed by atoms with Crippen LogP contribution in [0.2, 0.25) is 0 Å². The van der Waals surface area contributed by atoms with E-state index < -0.39 is 5.97 Å². The molecule has 2 aromatic carbocycles. The molecule has 0 radical (unpaired) electrons. The molecule has 1 saturated carbocycles. The van der Waals surface area contributed by atoms with Gasteiger partial charge in [0.1, 0.15) is 5.82 Å². The molecule has 4 N–H and O–H groups in total. The maximum atomic E-state index is 11.8. The van der Waals surface area contributed by atoms with Crippen LogP contribution < -0.4 is 16.2 Å². The number of carbonyl (C=O) groups is 1. The number of benzene rings is 2. The lowest BCUT2D eigenvalue weighted by Crippen LogP contribution is -2.32. The fourth-order valence-electron chi connectivity index (χ4n) is 3.69. The summed E-state index contributed by atoms with van der Waals surface area (Å²) in [4.78, 5) is 11.8. The maximum absolute atomic E-state index is 11.8. The molecule has 0 bridgehead atoms. The van der Waals surface area contributed by atoms with E-state index in [1.807, 2.05) is 61.7 Å². The Labute approximate surface area is 168 Å². The van der Waals surface area contributed by atoms with E-state index in [0.717, 1.165) is 46.5 Å². The second-order valence-electron chi connectivity index (χ2n) is 7.62. The zero-order valence-electron chi connectivity index (χ0n) is 16.1. The van der Waals surface area contributed by atoms with Crippen molar-refractivity contribution < 1.29 is 9.90 Å². The molecule has 6 nitrogen and oxygen atoms in total. The Bertz CT molecular complexity index is 1180. The molecule has 1 fully saturated rings. The standard InChI is InChI=1S/C23H22N4O2/c1-14-2-9-22(26-25-14)27-11-10-17-12-18(6-8-21(17)27)24-20-7-5-16(15-3-4-15)13-19(20)23(28)29/h2,5-13,15,24-26H,3-4H2,1H3,(H,28,29). The second kappa shape index (κ2) is 6.74. The van der Waals surface area contributed by atoms with E-state index in [2.05, 4.69) is 20.7 Å². The molecule has 6 heteroatoms. The van der Waals surface area contributed by atoms with Crippen molar-refractivity contribution in [2.24, 2.45) is 0 Å². The van der Waals surface area contributed by atoms with Crippen molar-refractivity contribution in [2.45, 2.75) is 25.7 Å². The van der Waals surface area contributed by atoms with E-state index in [4.69, 9.17) is 0 Å². The van der Waals surface area contributed by atoms with Crippen molar-refractivity contribution in [3.8, 4) is 0 Å². The number of aromatic nitrogens is 1. The maximum Gasteiger partial charge on any atom is 0.337 e. The number of fused-ring (bicyclic) bond motifs is 1. The first-order chi connectivity index (χ1) is 14.1. The summed E-state index contributed by atoms with van der Waals surface area (Å²) in [6, 6.07) is 13.8. The highest BCUT2D eigenvalue weighted by Gasteiger charge is 2.25. The summed E-state index contributed by atoms with van der Waals surface area (Å²) in [5.74, 6) is 0.553. The van der Waals surface area contributed by atoms with Crippen LogP contribution in [0, 0.1) is 0 Å². The summed E-state index contributed by atoms with van der Waals surface area (Å²) in [7, 11) is 0. The van der Waals surface area contributed by atoms with Gasteiger partial charge in [0, 0.05) is 23.0 Å². The fraction of sp³-hybridized carbons (Fsp3) is 0.174. The zero-order chi connectivity index (χ0) is 20.0. The van der Waals surface area contributed by atoms with Crippen LogP contribution in [0.3, 0.4) is 0 Å². The van der Waals surface area contributed by atoms with E-state index in [1.165, 1.54) is 0 Å². The van der Waals surface area contributed by atoms with Crippen LogP contribution in [0.4, 0.5) is 11.4 Å².